The molecule has 5 fully saturated rings. The van der Waals surface area contributed by atoms with E-state index < -0.39 is 0 Å². The monoisotopic (exact) mass is 319 g/mol. The zero-order valence-electron chi connectivity index (χ0n) is 12.2. The third-order valence-electron chi connectivity index (χ3n) is 6.73. The van der Waals surface area contributed by atoms with E-state index in [9.17, 15) is 0 Å². The molecule has 1 aromatic rings. The molecule has 4 atom stereocenters. The summed E-state index contributed by atoms with van der Waals surface area (Å²) in [6.45, 7) is 0. The Morgan fingerprint density at radius 3 is 2.62 bits per heavy atom. The second kappa shape index (κ2) is 4.42. The predicted octanol–water partition coefficient (Wildman–Crippen LogP) is 6.06. The van der Waals surface area contributed by atoms with Crippen LogP contribution in [0, 0.1) is 29.6 Å². The molecule has 0 N–H and O–H groups in total. The Hall–Kier alpha value is -0.200. The summed E-state index contributed by atoms with van der Waals surface area (Å²) >= 11 is 12.8. The minimum Gasteiger partial charge on any atom is -0.0843 e. The van der Waals surface area contributed by atoms with Crippen molar-refractivity contribution in [3.05, 3.63) is 39.7 Å². The fourth-order valence-corrected chi connectivity index (χ4v) is 6.94. The molecule has 4 unspecified atom stereocenters. The molecule has 4 bridgehead atoms. The van der Waals surface area contributed by atoms with E-state index >= 15 is 0 Å². The molecule has 0 spiro atoms. The second-order valence-corrected chi connectivity index (χ2v) is 8.89. The van der Waals surface area contributed by atoms with E-state index in [-0.39, 0.29) is 0 Å². The van der Waals surface area contributed by atoms with Gasteiger partial charge in [-0.15, -0.1) is 0 Å². The Labute approximate surface area is 137 Å². The number of hydrogen-bond donors (Lipinski definition) is 0. The van der Waals surface area contributed by atoms with Crippen LogP contribution >= 0.6 is 23.2 Å². The van der Waals surface area contributed by atoms with Crippen LogP contribution < -0.4 is 0 Å². The van der Waals surface area contributed by atoms with Crippen molar-refractivity contribution in [2.75, 3.05) is 0 Å². The molecule has 1 aromatic carbocycles. The van der Waals surface area contributed by atoms with Crippen molar-refractivity contribution in [2.45, 2.75) is 50.4 Å². The molecule has 5 saturated carbocycles. The van der Waals surface area contributed by atoms with Gasteiger partial charge < -0.3 is 0 Å². The highest BCUT2D eigenvalue weighted by molar-refractivity contribution is 6.35. The SMILES string of the molecule is Clc1ccc(C23C[C]4CC(CC(C4)C2C2CC2)C3)c(Cl)c1. The van der Waals surface area contributed by atoms with E-state index in [1.165, 1.54) is 50.5 Å². The maximum absolute atomic E-state index is 6.66. The molecule has 5 aliphatic rings. The quantitative estimate of drug-likeness (QED) is 0.622. The van der Waals surface area contributed by atoms with Crippen LogP contribution in [-0.4, -0.2) is 0 Å². The van der Waals surface area contributed by atoms with Gasteiger partial charge in [-0.25, -0.2) is 0 Å². The first-order valence-corrected chi connectivity index (χ1v) is 9.20. The number of hydrogen-bond acceptors (Lipinski definition) is 0. The van der Waals surface area contributed by atoms with E-state index in [1.54, 1.807) is 0 Å². The average molecular weight is 320 g/mol. The van der Waals surface area contributed by atoms with Crippen molar-refractivity contribution >= 4 is 23.2 Å². The standard InChI is InChI=1S/C19H21Cl2/c20-15-3-4-16(17(21)8-15)19-9-11-5-12(10-19)7-14(6-11)18(19)13-1-2-13/h3-4,8,11,13-14,18H,1-2,5-7,9-10H2. The zero-order valence-corrected chi connectivity index (χ0v) is 13.8. The third kappa shape index (κ3) is 1.88. The lowest BCUT2D eigenvalue weighted by Gasteiger charge is -2.62. The zero-order chi connectivity index (χ0) is 14.2. The summed E-state index contributed by atoms with van der Waals surface area (Å²) in [5.41, 5.74) is 1.76. The van der Waals surface area contributed by atoms with Gasteiger partial charge in [-0.2, -0.15) is 0 Å². The van der Waals surface area contributed by atoms with Crippen LogP contribution in [0.2, 0.25) is 10.0 Å². The maximum atomic E-state index is 6.66. The molecule has 0 amide bonds. The summed E-state index contributed by atoms with van der Waals surface area (Å²) in [6, 6.07) is 6.26. The third-order valence-corrected chi connectivity index (χ3v) is 7.27. The van der Waals surface area contributed by atoms with E-state index in [1.807, 2.05) is 12.0 Å². The van der Waals surface area contributed by atoms with Gasteiger partial charge in [-0.05, 0) is 92.2 Å². The summed E-state index contributed by atoms with van der Waals surface area (Å²) in [5, 5.41) is 1.68. The van der Waals surface area contributed by atoms with Gasteiger partial charge >= 0.3 is 0 Å². The molecule has 0 saturated heterocycles. The first-order valence-electron chi connectivity index (χ1n) is 8.45. The smallest absolute Gasteiger partial charge is 0.0458 e. The van der Waals surface area contributed by atoms with E-state index in [0.29, 0.717) is 5.41 Å². The molecule has 2 heteroatoms. The molecule has 21 heavy (non-hydrogen) atoms. The van der Waals surface area contributed by atoms with Crippen LogP contribution in [0.1, 0.15) is 50.5 Å². The van der Waals surface area contributed by atoms with Gasteiger partial charge in [-0.1, -0.05) is 29.3 Å². The van der Waals surface area contributed by atoms with Crippen molar-refractivity contribution in [2.24, 2.45) is 23.7 Å². The molecule has 111 valence electrons. The highest BCUT2D eigenvalue weighted by atomic mass is 35.5. The lowest BCUT2D eigenvalue weighted by molar-refractivity contribution is -0.0187. The van der Waals surface area contributed by atoms with Gasteiger partial charge in [0.2, 0.25) is 0 Å². The number of halogens is 2. The summed E-state index contributed by atoms with van der Waals surface area (Å²) < 4.78 is 0. The summed E-state index contributed by atoms with van der Waals surface area (Å²) in [6.07, 6.45) is 9.89. The van der Waals surface area contributed by atoms with Gasteiger partial charge in [0.25, 0.3) is 0 Å². The summed E-state index contributed by atoms with van der Waals surface area (Å²) in [7, 11) is 0. The summed E-state index contributed by atoms with van der Waals surface area (Å²) in [5.74, 6) is 5.57. The molecular formula is C19H21Cl2. The van der Waals surface area contributed by atoms with Crippen LogP contribution in [0.15, 0.2) is 18.2 Å². The molecule has 0 nitrogen and oxygen atoms in total. The fraction of sp³-hybridized carbons (Fsp3) is 0.632. The molecule has 0 aromatic heterocycles. The van der Waals surface area contributed by atoms with Crippen molar-refractivity contribution in [3.8, 4) is 0 Å². The van der Waals surface area contributed by atoms with Gasteiger partial charge in [0.05, 0.1) is 0 Å². The Bertz CT molecular complexity index is 575. The first-order chi connectivity index (χ1) is 10.2. The predicted molar refractivity (Wildman–Crippen MR) is 87.7 cm³/mol. The van der Waals surface area contributed by atoms with Crippen molar-refractivity contribution in [1.29, 1.82) is 0 Å². The lowest BCUT2D eigenvalue weighted by atomic mass is 9.42. The van der Waals surface area contributed by atoms with Gasteiger partial charge in [0.1, 0.15) is 0 Å². The van der Waals surface area contributed by atoms with Crippen molar-refractivity contribution in [1.82, 2.24) is 0 Å². The second-order valence-electron chi connectivity index (χ2n) is 8.04. The molecule has 5 aliphatic carbocycles. The maximum Gasteiger partial charge on any atom is 0.0458 e. The van der Waals surface area contributed by atoms with Crippen LogP contribution in [0.5, 0.6) is 0 Å². The summed E-state index contributed by atoms with van der Waals surface area (Å²) in [4.78, 5) is 0. The van der Waals surface area contributed by atoms with E-state index in [2.05, 4.69) is 12.1 Å². The highest BCUT2D eigenvalue weighted by Gasteiger charge is 2.61. The highest BCUT2D eigenvalue weighted by Crippen LogP contribution is 2.69. The molecule has 0 heterocycles. The van der Waals surface area contributed by atoms with E-state index in [4.69, 9.17) is 23.2 Å². The van der Waals surface area contributed by atoms with Gasteiger partial charge in [0.15, 0.2) is 0 Å². The topological polar surface area (TPSA) is 0 Å². The Kier molecular flexibility index (Phi) is 2.79. The van der Waals surface area contributed by atoms with Crippen LogP contribution in [0.25, 0.3) is 0 Å². The van der Waals surface area contributed by atoms with Crippen LogP contribution in [0.4, 0.5) is 0 Å². The van der Waals surface area contributed by atoms with Gasteiger partial charge in [0, 0.05) is 15.5 Å². The van der Waals surface area contributed by atoms with Crippen molar-refractivity contribution < 1.29 is 0 Å². The number of benzene rings is 1. The molecule has 1 radical (unpaired) electrons. The molecule has 6 rings (SSSR count). The lowest BCUT2D eigenvalue weighted by Crippen LogP contribution is -2.55. The van der Waals surface area contributed by atoms with E-state index in [0.717, 1.165) is 33.7 Å². The van der Waals surface area contributed by atoms with Crippen LogP contribution in [0.3, 0.4) is 0 Å². The first kappa shape index (κ1) is 13.3. The molecule has 0 aliphatic heterocycles. The average Bonchev–Trinajstić information content (AvgIpc) is 3.21. The van der Waals surface area contributed by atoms with Crippen molar-refractivity contribution in [3.63, 3.8) is 0 Å². The minimum absolute atomic E-state index is 0.349. The number of rotatable bonds is 2. The Morgan fingerprint density at radius 1 is 1.05 bits per heavy atom. The fourth-order valence-electron chi connectivity index (χ4n) is 6.34. The normalized spacial score (nSPS) is 41.7. The van der Waals surface area contributed by atoms with Gasteiger partial charge in [-0.3, -0.25) is 0 Å². The largest absolute Gasteiger partial charge is 0.0843 e. The molecular weight excluding hydrogens is 299 g/mol. The Morgan fingerprint density at radius 2 is 1.90 bits per heavy atom. The van der Waals surface area contributed by atoms with Crippen LogP contribution in [-0.2, 0) is 5.41 Å². The Balaban J connectivity index is 1.66. The minimum atomic E-state index is 0.349.